The number of halogens is 1. The first-order valence-corrected chi connectivity index (χ1v) is 8.97. The summed E-state index contributed by atoms with van der Waals surface area (Å²) in [6.07, 6.45) is 1.03. The number of nitrogens with zero attached hydrogens (tertiary/aromatic N) is 1. The molecule has 0 atom stereocenters. The fraction of sp³-hybridized carbons (Fsp3) is 0.444. The standard InChI is InChI=1S/C18H23FN2O2S/c1-13(2)11-23-8-4-7-20-17(22)10-16-12-24-18(21-16)14-5-3-6-15(19)9-14/h3,5-6,9,12-13H,4,7-8,10-11H2,1-2H3,(H,20,22). The van der Waals surface area contributed by atoms with Gasteiger partial charge in [0.15, 0.2) is 0 Å². The minimum atomic E-state index is -0.290. The molecule has 0 unspecified atom stereocenters. The molecule has 0 saturated carbocycles. The predicted octanol–water partition coefficient (Wildman–Crippen LogP) is 3.67. The Kier molecular flexibility index (Phi) is 7.34. The number of aromatic nitrogens is 1. The van der Waals surface area contributed by atoms with Crippen LogP contribution in [0.1, 0.15) is 26.0 Å². The third kappa shape index (κ3) is 6.37. The van der Waals surface area contributed by atoms with Crippen LogP contribution in [0, 0.1) is 11.7 Å². The zero-order chi connectivity index (χ0) is 17.4. The van der Waals surface area contributed by atoms with Gasteiger partial charge < -0.3 is 10.1 Å². The van der Waals surface area contributed by atoms with E-state index in [1.807, 2.05) is 11.4 Å². The zero-order valence-corrected chi connectivity index (χ0v) is 14.9. The van der Waals surface area contributed by atoms with Gasteiger partial charge in [-0.3, -0.25) is 4.79 Å². The van der Waals surface area contributed by atoms with Crippen LogP contribution in [0.4, 0.5) is 4.39 Å². The maximum Gasteiger partial charge on any atom is 0.226 e. The van der Waals surface area contributed by atoms with E-state index in [-0.39, 0.29) is 18.1 Å². The molecule has 0 saturated heterocycles. The summed E-state index contributed by atoms with van der Waals surface area (Å²) >= 11 is 1.41. The van der Waals surface area contributed by atoms with Gasteiger partial charge in [-0.1, -0.05) is 26.0 Å². The Morgan fingerprint density at radius 3 is 3.00 bits per heavy atom. The van der Waals surface area contributed by atoms with E-state index in [0.29, 0.717) is 24.8 Å². The van der Waals surface area contributed by atoms with Gasteiger partial charge in [0.25, 0.3) is 0 Å². The summed E-state index contributed by atoms with van der Waals surface area (Å²) in [4.78, 5) is 16.3. The number of thiazole rings is 1. The van der Waals surface area contributed by atoms with Crippen LogP contribution in [0.2, 0.25) is 0 Å². The van der Waals surface area contributed by atoms with Crippen LogP contribution in [0.3, 0.4) is 0 Å². The lowest BCUT2D eigenvalue weighted by Crippen LogP contribution is -2.27. The lowest BCUT2D eigenvalue weighted by molar-refractivity contribution is -0.120. The molecule has 0 aliphatic heterocycles. The summed E-state index contributed by atoms with van der Waals surface area (Å²) in [5.74, 6) is 0.174. The van der Waals surface area contributed by atoms with E-state index in [2.05, 4.69) is 24.1 Å². The molecule has 24 heavy (non-hydrogen) atoms. The number of rotatable bonds is 9. The van der Waals surface area contributed by atoms with E-state index < -0.39 is 0 Å². The lowest BCUT2D eigenvalue weighted by atomic mass is 10.2. The Hall–Kier alpha value is -1.79. The first-order valence-electron chi connectivity index (χ1n) is 8.09. The van der Waals surface area contributed by atoms with Crippen molar-refractivity contribution in [2.24, 2.45) is 5.92 Å². The van der Waals surface area contributed by atoms with Gasteiger partial charge in [-0.2, -0.15) is 0 Å². The van der Waals surface area contributed by atoms with Gasteiger partial charge >= 0.3 is 0 Å². The molecule has 0 aliphatic carbocycles. The summed E-state index contributed by atoms with van der Waals surface area (Å²) in [6, 6.07) is 6.30. The maximum atomic E-state index is 13.2. The fourth-order valence-electron chi connectivity index (χ4n) is 2.09. The molecule has 0 aliphatic rings. The molecule has 0 fully saturated rings. The minimum absolute atomic E-state index is 0.0602. The van der Waals surface area contributed by atoms with E-state index >= 15 is 0 Å². The zero-order valence-electron chi connectivity index (χ0n) is 14.0. The topological polar surface area (TPSA) is 51.2 Å². The van der Waals surface area contributed by atoms with Gasteiger partial charge in [-0.05, 0) is 24.5 Å². The first kappa shape index (κ1) is 18.5. The second-order valence-corrected chi connectivity index (χ2v) is 6.86. The maximum absolute atomic E-state index is 13.2. The third-order valence-electron chi connectivity index (χ3n) is 3.20. The number of ether oxygens (including phenoxy) is 1. The highest BCUT2D eigenvalue weighted by Gasteiger charge is 2.09. The summed E-state index contributed by atoms with van der Waals surface area (Å²) in [5, 5.41) is 5.42. The van der Waals surface area contributed by atoms with Crippen LogP contribution >= 0.6 is 11.3 Å². The van der Waals surface area contributed by atoms with Crippen molar-refractivity contribution in [1.29, 1.82) is 0 Å². The van der Waals surface area contributed by atoms with Crippen molar-refractivity contribution >= 4 is 17.2 Å². The van der Waals surface area contributed by atoms with Gasteiger partial charge in [-0.15, -0.1) is 11.3 Å². The molecule has 0 radical (unpaired) electrons. The summed E-state index contributed by atoms with van der Waals surface area (Å²) < 4.78 is 18.7. The fourth-order valence-corrected chi connectivity index (χ4v) is 2.91. The van der Waals surface area contributed by atoms with Crippen LogP contribution in [-0.2, 0) is 16.0 Å². The molecule has 4 nitrogen and oxygen atoms in total. The number of carbonyl (C=O) groups is 1. The monoisotopic (exact) mass is 350 g/mol. The van der Waals surface area contributed by atoms with Crippen molar-refractivity contribution < 1.29 is 13.9 Å². The van der Waals surface area contributed by atoms with Gasteiger partial charge in [-0.25, -0.2) is 9.37 Å². The number of nitrogens with one attached hydrogen (secondary N) is 1. The predicted molar refractivity (Wildman–Crippen MR) is 94.5 cm³/mol. The molecular formula is C18H23FN2O2S. The van der Waals surface area contributed by atoms with E-state index in [1.54, 1.807) is 6.07 Å². The molecule has 0 spiro atoms. The van der Waals surface area contributed by atoms with Crippen LogP contribution in [0.5, 0.6) is 0 Å². The van der Waals surface area contributed by atoms with Crippen LogP contribution < -0.4 is 5.32 Å². The Balaban J connectivity index is 1.73. The van der Waals surface area contributed by atoms with Gasteiger partial charge in [0.1, 0.15) is 10.8 Å². The number of carbonyl (C=O) groups excluding carboxylic acids is 1. The molecule has 1 amide bonds. The molecule has 1 N–H and O–H groups in total. The molecule has 2 aromatic rings. The van der Waals surface area contributed by atoms with Crippen molar-refractivity contribution in [3.05, 3.63) is 41.2 Å². The molecule has 1 aromatic heterocycles. The second-order valence-electron chi connectivity index (χ2n) is 6.00. The van der Waals surface area contributed by atoms with E-state index in [9.17, 15) is 9.18 Å². The van der Waals surface area contributed by atoms with Crippen molar-refractivity contribution in [3.63, 3.8) is 0 Å². The van der Waals surface area contributed by atoms with Crippen LogP contribution in [0.15, 0.2) is 29.6 Å². The minimum Gasteiger partial charge on any atom is -0.381 e. The average molecular weight is 350 g/mol. The van der Waals surface area contributed by atoms with Crippen LogP contribution in [-0.4, -0.2) is 30.6 Å². The number of benzene rings is 1. The van der Waals surface area contributed by atoms with Crippen molar-refractivity contribution in [3.8, 4) is 10.6 Å². The highest BCUT2D eigenvalue weighted by atomic mass is 32.1. The highest BCUT2D eigenvalue weighted by Crippen LogP contribution is 2.24. The smallest absolute Gasteiger partial charge is 0.226 e. The molecule has 2 rings (SSSR count). The number of hydrogen-bond acceptors (Lipinski definition) is 4. The molecule has 6 heteroatoms. The Labute approximate surface area is 146 Å². The van der Waals surface area contributed by atoms with Crippen molar-refractivity contribution in [1.82, 2.24) is 10.3 Å². The van der Waals surface area contributed by atoms with E-state index in [1.165, 1.54) is 23.5 Å². The largest absolute Gasteiger partial charge is 0.381 e. The van der Waals surface area contributed by atoms with Gasteiger partial charge in [0, 0.05) is 30.7 Å². The number of hydrogen-bond donors (Lipinski definition) is 1. The summed E-state index contributed by atoms with van der Waals surface area (Å²) in [5.41, 5.74) is 1.43. The van der Waals surface area contributed by atoms with Crippen molar-refractivity contribution in [2.75, 3.05) is 19.8 Å². The molecule has 1 aromatic carbocycles. The normalized spacial score (nSPS) is 11.0. The molecule has 130 valence electrons. The summed E-state index contributed by atoms with van der Waals surface area (Å²) in [7, 11) is 0. The van der Waals surface area contributed by atoms with E-state index in [0.717, 1.165) is 23.6 Å². The highest BCUT2D eigenvalue weighted by molar-refractivity contribution is 7.13. The number of amides is 1. The Morgan fingerprint density at radius 2 is 2.25 bits per heavy atom. The molecule has 1 heterocycles. The van der Waals surface area contributed by atoms with Crippen molar-refractivity contribution in [2.45, 2.75) is 26.7 Å². The van der Waals surface area contributed by atoms with Crippen LogP contribution in [0.25, 0.3) is 10.6 Å². The first-order chi connectivity index (χ1) is 11.5. The third-order valence-corrected chi connectivity index (χ3v) is 4.14. The molecule has 0 bridgehead atoms. The lowest BCUT2D eigenvalue weighted by Gasteiger charge is -2.07. The Morgan fingerprint density at radius 1 is 1.42 bits per heavy atom. The summed E-state index contributed by atoms with van der Waals surface area (Å²) in [6.45, 7) is 6.20. The van der Waals surface area contributed by atoms with Gasteiger partial charge in [0.05, 0.1) is 12.1 Å². The quantitative estimate of drug-likeness (QED) is 0.702. The van der Waals surface area contributed by atoms with E-state index in [4.69, 9.17) is 4.74 Å². The average Bonchev–Trinajstić information content (AvgIpc) is 2.99. The van der Waals surface area contributed by atoms with Gasteiger partial charge in [0.2, 0.25) is 5.91 Å². The molecular weight excluding hydrogens is 327 g/mol. The second kappa shape index (κ2) is 9.49. The SMILES string of the molecule is CC(C)COCCCNC(=O)Cc1csc(-c2cccc(F)c2)n1. The Bertz CT molecular complexity index is 658.